The van der Waals surface area contributed by atoms with E-state index in [1.54, 1.807) is 11.3 Å². The molecule has 126 valence electrons. The average Bonchev–Trinajstić information content (AvgIpc) is 3.35. The van der Waals surface area contributed by atoms with E-state index in [0.717, 1.165) is 22.8 Å². The molecule has 1 aromatic rings. The zero-order valence-electron chi connectivity index (χ0n) is 12.5. The summed E-state index contributed by atoms with van der Waals surface area (Å²) >= 11 is 12.4. The third-order valence-electron chi connectivity index (χ3n) is 4.29. The van der Waals surface area contributed by atoms with Gasteiger partial charge in [-0.15, -0.1) is 11.3 Å². The third-order valence-corrected chi connectivity index (χ3v) is 9.47. The zero-order chi connectivity index (χ0) is 17.1. The first-order valence-corrected chi connectivity index (χ1v) is 11.4. The van der Waals surface area contributed by atoms with E-state index in [9.17, 15) is 0 Å². The van der Waals surface area contributed by atoms with Gasteiger partial charge in [0.15, 0.2) is 0 Å². The van der Waals surface area contributed by atoms with Gasteiger partial charge < -0.3 is 9.44 Å². The fourth-order valence-corrected chi connectivity index (χ4v) is 7.33. The van der Waals surface area contributed by atoms with E-state index in [2.05, 4.69) is 98.7 Å². The minimum Gasteiger partial charge on any atom is -0.309 e. The summed E-state index contributed by atoms with van der Waals surface area (Å²) in [5, 5.41) is 0. The highest BCUT2D eigenvalue weighted by atomic mass is 79.9. The first kappa shape index (κ1) is 16.4. The van der Waals surface area contributed by atoms with Crippen LogP contribution in [0, 0.1) is 0 Å². The Morgan fingerprint density at radius 3 is 1.76 bits per heavy atom. The topological polar surface area (TPSA) is 48.8 Å². The van der Waals surface area contributed by atoms with Crippen LogP contribution in [0.5, 0.6) is 0 Å². The molecule has 0 saturated carbocycles. The Hall–Kier alpha value is -0.740. The number of hydrogen-bond acceptors (Lipinski definition) is 7. The number of halogens is 2. The van der Waals surface area contributed by atoms with Crippen LogP contribution in [0.1, 0.15) is 9.75 Å². The predicted molar refractivity (Wildman–Crippen MR) is 116 cm³/mol. The zero-order valence-corrected chi connectivity index (χ0v) is 18.1. The van der Waals surface area contributed by atoms with Crippen LogP contribution in [0.3, 0.4) is 0 Å². The van der Waals surface area contributed by atoms with Crippen molar-refractivity contribution in [2.75, 3.05) is 0 Å². The maximum absolute atomic E-state index is 4.57. The largest absolute Gasteiger partial charge is 0.309 e. The van der Waals surface area contributed by atoms with Crippen molar-refractivity contribution in [1.29, 1.82) is 0 Å². The second-order valence-electron chi connectivity index (χ2n) is 5.73. The van der Waals surface area contributed by atoms with Gasteiger partial charge >= 0.3 is 0 Å². The van der Waals surface area contributed by atoms with E-state index >= 15 is 0 Å². The van der Waals surface area contributed by atoms with Crippen molar-refractivity contribution in [1.82, 2.24) is 9.44 Å². The molecule has 2 atom stereocenters. The van der Waals surface area contributed by atoms with Crippen LogP contribution in [-0.4, -0.2) is 11.4 Å². The summed E-state index contributed by atoms with van der Waals surface area (Å²) in [6, 6.07) is 4.33. The van der Waals surface area contributed by atoms with Gasteiger partial charge in [-0.1, -0.05) is 56.2 Å². The number of fused-ring (bicyclic) bond motifs is 2. The van der Waals surface area contributed by atoms with Crippen LogP contribution in [0.25, 0.3) is 0 Å². The molecule has 0 amide bonds. The van der Waals surface area contributed by atoms with Crippen LogP contribution >= 0.6 is 67.5 Å². The molecule has 4 nitrogen and oxygen atoms in total. The number of alkyl halides is 2. The maximum atomic E-state index is 4.57. The van der Waals surface area contributed by atoms with Crippen LogP contribution in [0.2, 0.25) is 0 Å². The smallest absolute Gasteiger partial charge is 0.123 e. The summed E-state index contributed by atoms with van der Waals surface area (Å²) in [4.78, 5) is 2.38. The number of nitrogens with zero attached hydrogens (tertiary/aromatic N) is 2. The number of allylic oxidation sites excluding steroid dienone is 8. The van der Waals surface area contributed by atoms with Crippen molar-refractivity contribution >= 4 is 78.9 Å². The fourth-order valence-electron chi connectivity index (χ4n) is 3.02. The van der Waals surface area contributed by atoms with Crippen LogP contribution in [-0.2, 0) is 8.65 Å². The molecule has 0 fully saturated rings. The van der Waals surface area contributed by atoms with Crippen molar-refractivity contribution in [2.45, 2.75) is 8.65 Å². The maximum Gasteiger partial charge on any atom is 0.123 e. The van der Waals surface area contributed by atoms with Gasteiger partial charge in [0.2, 0.25) is 0 Å². The predicted octanol–water partition coefficient (Wildman–Crippen LogP) is 5.05. The summed E-state index contributed by atoms with van der Waals surface area (Å²) in [5.41, 5.74) is 4.12. The normalized spacial score (nSPS) is 32.1. The molecule has 1 aromatic heterocycles. The summed E-state index contributed by atoms with van der Waals surface area (Å²) in [5.74, 6) is 0. The van der Waals surface area contributed by atoms with E-state index in [1.807, 2.05) is 0 Å². The second-order valence-corrected chi connectivity index (χ2v) is 10.5. The van der Waals surface area contributed by atoms with Crippen molar-refractivity contribution in [3.63, 3.8) is 0 Å². The van der Waals surface area contributed by atoms with Crippen molar-refractivity contribution in [2.24, 2.45) is 8.80 Å². The number of nitrogens with one attached hydrogen (secondary N) is 2. The van der Waals surface area contributed by atoms with Crippen LogP contribution < -0.4 is 9.44 Å². The molecule has 3 heterocycles. The van der Waals surface area contributed by atoms with Gasteiger partial charge in [-0.25, -0.2) is 0 Å². The number of thiophene rings is 1. The van der Waals surface area contributed by atoms with Gasteiger partial charge in [0.05, 0.1) is 35.7 Å². The molecule has 25 heavy (non-hydrogen) atoms. The quantitative estimate of drug-likeness (QED) is 0.429. The van der Waals surface area contributed by atoms with Gasteiger partial charge in [0, 0.05) is 9.75 Å². The molecule has 0 bridgehead atoms. The van der Waals surface area contributed by atoms with Gasteiger partial charge in [-0.2, -0.15) is 8.80 Å². The molecular formula is C16H10Br2N4S3. The third kappa shape index (κ3) is 2.39. The minimum atomic E-state index is -0.401. The van der Waals surface area contributed by atoms with Gasteiger partial charge in [0.25, 0.3) is 0 Å². The van der Waals surface area contributed by atoms with Crippen LogP contribution in [0.15, 0.2) is 68.8 Å². The molecule has 2 N–H and O–H groups in total. The molecule has 0 spiro atoms. The van der Waals surface area contributed by atoms with Crippen LogP contribution in [0.4, 0.5) is 0 Å². The molecule has 4 aliphatic rings. The Labute approximate surface area is 174 Å². The molecule has 0 aromatic carbocycles. The summed E-state index contributed by atoms with van der Waals surface area (Å²) < 4.78 is 14.8. The van der Waals surface area contributed by atoms with E-state index < -0.39 is 8.65 Å². The second kappa shape index (κ2) is 5.88. The highest BCUT2D eigenvalue weighted by Crippen LogP contribution is 2.49. The number of hydrogen-bond donors (Lipinski definition) is 2. The molecule has 2 unspecified atom stereocenters. The Kier molecular flexibility index (Phi) is 3.87. The van der Waals surface area contributed by atoms with Gasteiger partial charge in [0.1, 0.15) is 20.1 Å². The molecular weight excluding hydrogens is 504 g/mol. The monoisotopic (exact) mass is 512 g/mol. The highest BCUT2D eigenvalue weighted by Gasteiger charge is 2.43. The Bertz CT molecular complexity index is 884. The molecule has 5 rings (SSSR count). The summed E-state index contributed by atoms with van der Waals surface area (Å²) in [6.45, 7) is 0. The van der Waals surface area contributed by atoms with E-state index in [4.69, 9.17) is 0 Å². The van der Waals surface area contributed by atoms with Crippen molar-refractivity contribution in [3.05, 3.63) is 69.7 Å². The standard InChI is InChI=1S/C16H10Br2N4S3/c17-15(7-1-3-9-13(15)21-24-19-9)11-5-6-12(23-11)16(18)8-2-4-10-14(16)22-25-20-10/h1-8,19-20H. The van der Waals surface area contributed by atoms with Gasteiger partial charge in [-0.05, 0) is 24.3 Å². The summed E-state index contributed by atoms with van der Waals surface area (Å²) in [6.07, 6.45) is 12.5. The molecule has 9 heteroatoms. The number of rotatable bonds is 2. The van der Waals surface area contributed by atoms with E-state index in [0.29, 0.717) is 0 Å². The average molecular weight is 514 g/mol. The van der Waals surface area contributed by atoms with Gasteiger partial charge in [-0.3, -0.25) is 0 Å². The first-order chi connectivity index (χ1) is 12.1. The first-order valence-electron chi connectivity index (χ1n) is 7.41. The SMILES string of the molecule is BrC1(c2ccc(C3(Br)C=CC=C4NSN=C43)s2)C=CC=C2NSN=C21. The molecule has 2 aliphatic carbocycles. The Morgan fingerprint density at radius 1 is 0.800 bits per heavy atom. The lowest BCUT2D eigenvalue weighted by Crippen LogP contribution is -2.31. The molecule has 0 radical (unpaired) electrons. The Balaban J connectivity index is 1.57. The lowest BCUT2D eigenvalue weighted by molar-refractivity contribution is 1.09. The minimum absolute atomic E-state index is 0.401. The van der Waals surface area contributed by atoms with E-state index in [1.165, 1.54) is 34.0 Å². The van der Waals surface area contributed by atoms with E-state index in [-0.39, 0.29) is 0 Å². The molecule has 2 aliphatic heterocycles. The lowest BCUT2D eigenvalue weighted by Gasteiger charge is -2.27. The van der Waals surface area contributed by atoms with Crippen molar-refractivity contribution in [3.8, 4) is 0 Å². The van der Waals surface area contributed by atoms with Crippen molar-refractivity contribution < 1.29 is 0 Å². The lowest BCUT2D eigenvalue weighted by atomic mass is 9.93. The highest BCUT2D eigenvalue weighted by molar-refractivity contribution is 9.10. The Morgan fingerprint density at radius 2 is 1.28 bits per heavy atom. The summed E-state index contributed by atoms with van der Waals surface area (Å²) in [7, 11) is 0. The molecule has 0 saturated heterocycles. The fraction of sp³-hybridized carbons (Fsp3) is 0.125.